The van der Waals surface area contributed by atoms with Crippen LogP contribution in [0, 0.1) is 13.8 Å². The zero-order valence-corrected chi connectivity index (χ0v) is 14.0. The van der Waals surface area contributed by atoms with Crippen molar-refractivity contribution in [3.05, 3.63) is 52.4 Å². The Morgan fingerprint density at radius 1 is 1.29 bits per heavy atom. The molecule has 1 fully saturated rings. The summed E-state index contributed by atoms with van der Waals surface area (Å²) in [6.07, 6.45) is -2.17. The van der Waals surface area contributed by atoms with Crippen LogP contribution in [0.25, 0.3) is 0 Å². The Morgan fingerprint density at radius 2 is 2.00 bits per heavy atom. The minimum atomic E-state index is -4.32. The third-order valence-corrected chi connectivity index (χ3v) is 4.73. The fourth-order valence-corrected chi connectivity index (χ4v) is 3.06. The highest BCUT2D eigenvalue weighted by atomic mass is 19.4. The maximum Gasteiger partial charge on any atom is 0.416 e. The summed E-state index contributed by atoms with van der Waals surface area (Å²) >= 11 is 0. The van der Waals surface area contributed by atoms with Gasteiger partial charge in [0.1, 0.15) is 5.76 Å². The molecule has 130 valence electrons. The summed E-state index contributed by atoms with van der Waals surface area (Å²) < 4.78 is 44.2. The molecule has 1 saturated carbocycles. The molecule has 0 unspecified atom stereocenters. The van der Waals surface area contributed by atoms with Gasteiger partial charge in [-0.15, -0.1) is 0 Å². The van der Waals surface area contributed by atoms with Gasteiger partial charge in [0.25, 0.3) is 0 Å². The van der Waals surface area contributed by atoms with E-state index >= 15 is 0 Å². The lowest BCUT2D eigenvalue weighted by Crippen LogP contribution is -2.29. The Kier molecular flexibility index (Phi) is 4.42. The molecule has 6 heteroatoms. The van der Waals surface area contributed by atoms with E-state index in [0.717, 1.165) is 35.9 Å². The monoisotopic (exact) mass is 338 g/mol. The summed E-state index contributed by atoms with van der Waals surface area (Å²) in [6.45, 7) is 6.37. The molecular formula is C18H21F3N2O. The molecule has 1 aromatic heterocycles. The van der Waals surface area contributed by atoms with Gasteiger partial charge in [0.05, 0.1) is 11.3 Å². The van der Waals surface area contributed by atoms with Gasteiger partial charge >= 0.3 is 6.18 Å². The molecule has 0 aliphatic heterocycles. The maximum absolute atomic E-state index is 13.0. The lowest BCUT2D eigenvalue weighted by atomic mass is 10.0. The second-order valence-corrected chi connectivity index (χ2v) is 6.51. The van der Waals surface area contributed by atoms with E-state index in [9.17, 15) is 13.2 Å². The average molecular weight is 338 g/mol. The van der Waals surface area contributed by atoms with Crippen LogP contribution in [0.5, 0.6) is 0 Å². The van der Waals surface area contributed by atoms with Crippen molar-refractivity contribution in [1.29, 1.82) is 0 Å². The summed E-state index contributed by atoms with van der Waals surface area (Å²) in [6, 6.07) is 5.93. The van der Waals surface area contributed by atoms with Gasteiger partial charge in [-0.25, -0.2) is 0 Å². The normalized spacial score (nSPS) is 16.6. The first-order valence-corrected chi connectivity index (χ1v) is 8.12. The van der Waals surface area contributed by atoms with E-state index in [1.54, 1.807) is 6.07 Å². The number of aryl methyl sites for hydroxylation is 2. The number of hydrogen-bond acceptors (Lipinski definition) is 3. The number of nitrogens with zero attached hydrogens (tertiary/aromatic N) is 2. The third-order valence-electron chi connectivity index (χ3n) is 4.73. The summed E-state index contributed by atoms with van der Waals surface area (Å²) in [5.74, 6) is 0.773. The molecule has 1 aromatic carbocycles. The van der Waals surface area contributed by atoms with Gasteiger partial charge in [-0.1, -0.05) is 17.3 Å². The Balaban J connectivity index is 1.87. The molecule has 2 aromatic rings. The Labute approximate surface area is 139 Å². The number of rotatable bonds is 5. The quantitative estimate of drug-likeness (QED) is 0.765. The first-order valence-electron chi connectivity index (χ1n) is 8.12. The molecule has 0 radical (unpaired) electrons. The number of aromatic nitrogens is 1. The summed E-state index contributed by atoms with van der Waals surface area (Å²) in [5.41, 5.74) is 1.96. The standard InChI is InChI=1S/C18H21F3N2O/c1-11-17(13(3)24-22-11)10-23(16-7-8-16)12(2)14-5-4-6-15(9-14)18(19,20)21/h4-6,9,12,16H,7-8,10H2,1-3H3/t12-/m0/s1. The van der Waals surface area contributed by atoms with Crippen LogP contribution in [-0.2, 0) is 12.7 Å². The minimum Gasteiger partial charge on any atom is -0.361 e. The van der Waals surface area contributed by atoms with Crippen molar-refractivity contribution in [2.24, 2.45) is 0 Å². The van der Waals surface area contributed by atoms with Gasteiger partial charge in [0.2, 0.25) is 0 Å². The van der Waals surface area contributed by atoms with Crippen molar-refractivity contribution in [2.45, 2.75) is 58.4 Å². The highest BCUT2D eigenvalue weighted by Gasteiger charge is 2.35. The highest BCUT2D eigenvalue weighted by Crippen LogP contribution is 2.38. The molecule has 0 spiro atoms. The molecule has 24 heavy (non-hydrogen) atoms. The number of benzene rings is 1. The second kappa shape index (κ2) is 6.24. The molecule has 0 amide bonds. The van der Waals surface area contributed by atoms with E-state index in [1.165, 1.54) is 12.1 Å². The average Bonchev–Trinajstić information content (AvgIpc) is 3.32. The van der Waals surface area contributed by atoms with Crippen LogP contribution in [0.2, 0.25) is 0 Å². The lowest BCUT2D eigenvalue weighted by Gasteiger charge is -2.30. The highest BCUT2D eigenvalue weighted by molar-refractivity contribution is 5.29. The topological polar surface area (TPSA) is 29.3 Å². The van der Waals surface area contributed by atoms with E-state index in [4.69, 9.17) is 4.52 Å². The van der Waals surface area contributed by atoms with E-state index in [2.05, 4.69) is 10.1 Å². The number of halogens is 3. The molecule has 1 aliphatic carbocycles. The minimum absolute atomic E-state index is 0.103. The molecule has 1 atom stereocenters. The smallest absolute Gasteiger partial charge is 0.361 e. The lowest BCUT2D eigenvalue weighted by molar-refractivity contribution is -0.137. The van der Waals surface area contributed by atoms with E-state index in [0.29, 0.717) is 18.2 Å². The van der Waals surface area contributed by atoms with Crippen molar-refractivity contribution < 1.29 is 17.7 Å². The van der Waals surface area contributed by atoms with E-state index in [1.807, 2.05) is 20.8 Å². The van der Waals surface area contributed by atoms with E-state index in [-0.39, 0.29) is 6.04 Å². The first kappa shape index (κ1) is 17.0. The van der Waals surface area contributed by atoms with Crippen LogP contribution in [0.4, 0.5) is 13.2 Å². The van der Waals surface area contributed by atoms with Crippen molar-refractivity contribution >= 4 is 0 Å². The first-order chi connectivity index (χ1) is 11.3. The Morgan fingerprint density at radius 3 is 2.54 bits per heavy atom. The number of alkyl halides is 3. The predicted octanol–water partition coefficient (Wildman–Crippen LogP) is 5.04. The summed E-state index contributed by atoms with van der Waals surface area (Å²) in [5, 5.41) is 3.98. The zero-order valence-electron chi connectivity index (χ0n) is 14.0. The molecule has 1 heterocycles. The SMILES string of the molecule is Cc1noc(C)c1CN(C1CC1)[C@@H](C)c1cccc(C(F)(F)F)c1. The number of hydrogen-bond donors (Lipinski definition) is 0. The predicted molar refractivity (Wildman–Crippen MR) is 84.4 cm³/mol. The van der Waals surface area contributed by atoms with Gasteiger partial charge in [0.15, 0.2) is 0 Å². The van der Waals surface area contributed by atoms with Gasteiger partial charge in [-0.3, -0.25) is 4.90 Å². The second-order valence-electron chi connectivity index (χ2n) is 6.51. The summed E-state index contributed by atoms with van der Waals surface area (Å²) in [4.78, 5) is 2.25. The molecule has 3 nitrogen and oxygen atoms in total. The van der Waals surface area contributed by atoms with Crippen molar-refractivity contribution in [2.75, 3.05) is 0 Å². The Hall–Kier alpha value is -1.82. The van der Waals surface area contributed by atoms with Crippen LogP contribution in [0.1, 0.15) is 54.0 Å². The molecular weight excluding hydrogens is 317 g/mol. The van der Waals surface area contributed by atoms with Gasteiger partial charge < -0.3 is 4.52 Å². The van der Waals surface area contributed by atoms with Crippen LogP contribution >= 0.6 is 0 Å². The fraction of sp³-hybridized carbons (Fsp3) is 0.500. The van der Waals surface area contributed by atoms with E-state index < -0.39 is 11.7 Å². The maximum atomic E-state index is 13.0. The van der Waals surface area contributed by atoms with Gasteiger partial charge in [0, 0.05) is 24.2 Å². The van der Waals surface area contributed by atoms with Crippen LogP contribution in [-0.4, -0.2) is 16.1 Å². The molecule has 3 rings (SSSR count). The van der Waals surface area contributed by atoms with Crippen LogP contribution in [0.3, 0.4) is 0 Å². The molecule has 1 aliphatic rings. The third kappa shape index (κ3) is 3.48. The van der Waals surface area contributed by atoms with Crippen molar-refractivity contribution in [3.63, 3.8) is 0 Å². The molecule has 0 bridgehead atoms. The van der Waals surface area contributed by atoms with Gasteiger partial charge in [-0.05, 0) is 51.3 Å². The summed E-state index contributed by atoms with van der Waals surface area (Å²) in [7, 11) is 0. The zero-order chi connectivity index (χ0) is 17.5. The van der Waals surface area contributed by atoms with Gasteiger partial charge in [-0.2, -0.15) is 13.2 Å². The Bertz CT molecular complexity index is 700. The van der Waals surface area contributed by atoms with Crippen LogP contribution < -0.4 is 0 Å². The van der Waals surface area contributed by atoms with Crippen LogP contribution in [0.15, 0.2) is 28.8 Å². The molecule has 0 saturated heterocycles. The fourth-order valence-electron chi connectivity index (χ4n) is 3.06. The largest absolute Gasteiger partial charge is 0.416 e. The van der Waals surface area contributed by atoms with Crippen molar-refractivity contribution in [3.8, 4) is 0 Å². The molecule has 0 N–H and O–H groups in total. The van der Waals surface area contributed by atoms with Crippen molar-refractivity contribution in [1.82, 2.24) is 10.1 Å².